The molecule has 0 radical (unpaired) electrons. The van der Waals surface area contributed by atoms with E-state index in [4.69, 9.17) is 17.2 Å². The number of fused-ring (bicyclic) bond motifs is 1. The molecule has 1 aliphatic rings. The van der Waals surface area contributed by atoms with Gasteiger partial charge in [-0.3, -0.25) is 0 Å². The number of aryl methyl sites for hydroxylation is 1. The predicted molar refractivity (Wildman–Crippen MR) is 96.6 cm³/mol. The van der Waals surface area contributed by atoms with Crippen molar-refractivity contribution in [3.8, 4) is 10.6 Å². The number of anilines is 1. The molecule has 4 heteroatoms. The van der Waals surface area contributed by atoms with Crippen molar-refractivity contribution in [3.63, 3.8) is 0 Å². The molecule has 4 rings (SSSR count). The number of pyridine rings is 1. The summed E-state index contributed by atoms with van der Waals surface area (Å²) in [6.07, 6.45) is 0. The van der Waals surface area contributed by atoms with Crippen LogP contribution in [0.5, 0.6) is 0 Å². The van der Waals surface area contributed by atoms with E-state index in [1.807, 2.05) is 0 Å². The van der Waals surface area contributed by atoms with Gasteiger partial charge in [0.2, 0.25) is 0 Å². The fourth-order valence-corrected chi connectivity index (χ4v) is 3.80. The lowest BCUT2D eigenvalue weighted by atomic mass is 10.2. The smallest absolute Gasteiger partial charge is 0.115 e. The molecular weight excluding hydrogens is 308 g/mol. The van der Waals surface area contributed by atoms with Crippen molar-refractivity contribution in [1.82, 2.24) is 4.98 Å². The van der Waals surface area contributed by atoms with Gasteiger partial charge in [-0.05, 0) is 48.2 Å². The summed E-state index contributed by atoms with van der Waals surface area (Å²) in [6, 6.07) is 16.8. The summed E-state index contributed by atoms with van der Waals surface area (Å²) in [5.74, 6) is 0. The van der Waals surface area contributed by atoms with Gasteiger partial charge in [-0.2, -0.15) is 0 Å². The Morgan fingerprint density at radius 2 is 2.05 bits per heavy atom. The van der Waals surface area contributed by atoms with Crippen LogP contribution in [0, 0.1) is 6.92 Å². The highest BCUT2D eigenvalue weighted by atomic mass is 32.1. The zero-order valence-corrected chi connectivity index (χ0v) is 13.7. The Morgan fingerprint density at radius 1 is 1.14 bits per heavy atom. The van der Waals surface area contributed by atoms with E-state index in [2.05, 4.69) is 65.7 Å². The Kier molecular flexibility index (Phi) is 3.28. The lowest BCUT2D eigenvalue weighted by Gasteiger charge is -2.18. The number of benzene rings is 1. The first-order valence-electron chi connectivity index (χ1n) is 7.15. The van der Waals surface area contributed by atoms with Crippen LogP contribution >= 0.6 is 23.6 Å². The Balaban J connectivity index is 1.72. The van der Waals surface area contributed by atoms with Crippen LogP contribution in [0.2, 0.25) is 0 Å². The van der Waals surface area contributed by atoms with Gasteiger partial charge in [-0.25, -0.2) is 4.98 Å². The van der Waals surface area contributed by atoms with Gasteiger partial charge < -0.3 is 4.90 Å². The summed E-state index contributed by atoms with van der Waals surface area (Å²) in [4.78, 5) is 9.05. The van der Waals surface area contributed by atoms with E-state index >= 15 is 0 Å². The Morgan fingerprint density at radius 3 is 2.82 bits per heavy atom. The number of thiocarbonyl (C=S) groups is 1. The second kappa shape index (κ2) is 5.30. The fraction of sp³-hybridized carbons (Fsp3) is 0.111. The molecule has 3 aromatic rings. The van der Waals surface area contributed by atoms with Crippen LogP contribution < -0.4 is 4.90 Å². The van der Waals surface area contributed by atoms with Crippen LogP contribution in [-0.4, -0.2) is 9.97 Å². The number of hydrogen-bond donors (Lipinski definition) is 0. The van der Waals surface area contributed by atoms with Gasteiger partial charge in [0, 0.05) is 11.3 Å². The molecule has 0 unspecified atom stereocenters. The van der Waals surface area contributed by atoms with Crippen LogP contribution in [0.25, 0.3) is 10.6 Å². The van der Waals surface area contributed by atoms with Crippen LogP contribution in [0.15, 0.2) is 53.9 Å². The largest absolute Gasteiger partial charge is 0.326 e. The van der Waals surface area contributed by atoms with Crippen molar-refractivity contribution >= 4 is 34.2 Å². The molecular formula is C18H14N2S2. The highest BCUT2D eigenvalue weighted by Gasteiger charge is 2.26. The van der Waals surface area contributed by atoms with Crippen LogP contribution in [-0.2, 0) is 6.54 Å². The van der Waals surface area contributed by atoms with Gasteiger partial charge in [0.15, 0.2) is 0 Å². The second-order valence-corrected chi connectivity index (χ2v) is 6.73. The maximum atomic E-state index is 5.65. The summed E-state index contributed by atoms with van der Waals surface area (Å²) in [7, 11) is 0. The molecule has 0 bridgehead atoms. The molecule has 22 heavy (non-hydrogen) atoms. The van der Waals surface area contributed by atoms with E-state index in [0.29, 0.717) is 0 Å². The molecule has 0 saturated heterocycles. The van der Waals surface area contributed by atoms with Crippen molar-refractivity contribution in [2.45, 2.75) is 13.5 Å². The van der Waals surface area contributed by atoms with Gasteiger partial charge in [0.25, 0.3) is 0 Å². The normalized spacial score (nSPS) is 13.5. The molecule has 2 nitrogen and oxygen atoms in total. The zero-order chi connectivity index (χ0) is 15.1. The topological polar surface area (TPSA) is 16.1 Å². The monoisotopic (exact) mass is 322 g/mol. The molecule has 2 aromatic heterocycles. The highest BCUT2D eigenvalue weighted by Crippen LogP contribution is 2.31. The molecule has 0 saturated carbocycles. The van der Waals surface area contributed by atoms with Crippen molar-refractivity contribution in [2.75, 3.05) is 4.90 Å². The standard InChI is InChI=1S/C18H14N2S2/c1-12-4-2-5-13(10-12)20-11-16-14(18(20)21)7-8-15(19-16)17-6-3-9-22-17/h2-10H,11H2,1H3. The molecule has 0 fully saturated rings. The molecule has 0 N–H and O–H groups in total. The van der Waals surface area contributed by atoms with E-state index in [9.17, 15) is 0 Å². The minimum Gasteiger partial charge on any atom is -0.326 e. The van der Waals surface area contributed by atoms with Gasteiger partial charge >= 0.3 is 0 Å². The number of nitrogens with zero attached hydrogens (tertiary/aromatic N) is 2. The van der Waals surface area contributed by atoms with Crippen LogP contribution in [0.1, 0.15) is 16.8 Å². The van der Waals surface area contributed by atoms with Crippen LogP contribution in [0.3, 0.4) is 0 Å². The average molecular weight is 322 g/mol. The lowest BCUT2D eigenvalue weighted by Crippen LogP contribution is -2.21. The van der Waals surface area contributed by atoms with Crippen molar-refractivity contribution < 1.29 is 0 Å². The first-order chi connectivity index (χ1) is 10.7. The average Bonchev–Trinajstić information content (AvgIpc) is 3.15. The van der Waals surface area contributed by atoms with E-state index in [0.717, 1.165) is 34.2 Å². The Hall–Kier alpha value is -2.04. The van der Waals surface area contributed by atoms with E-state index in [-0.39, 0.29) is 0 Å². The summed E-state index contributed by atoms with van der Waals surface area (Å²) >= 11 is 7.36. The summed E-state index contributed by atoms with van der Waals surface area (Å²) < 4.78 is 0. The highest BCUT2D eigenvalue weighted by molar-refractivity contribution is 7.81. The third-order valence-electron chi connectivity index (χ3n) is 3.84. The van der Waals surface area contributed by atoms with E-state index in [1.165, 1.54) is 10.4 Å². The third kappa shape index (κ3) is 2.25. The SMILES string of the molecule is Cc1cccc(N2Cc3nc(-c4cccs4)ccc3C2=S)c1. The molecule has 3 heterocycles. The second-order valence-electron chi connectivity index (χ2n) is 5.40. The van der Waals surface area contributed by atoms with Gasteiger partial charge in [-0.15, -0.1) is 11.3 Å². The maximum Gasteiger partial charge on any atom is 0.115 e. The van der Waals surface area contributed by atoms with E-state index < -0.39 is 0 Å². The zero-order valence-electron chi connectivity index (χ0n) is 12.1. The van der Waals surface area contributed by atoms with Crippen LogP contribution in [0.4, 0.5) is 5.69 Å². The molecule has 1 aliphatic heterocycles. The van der Waals surface area contributed by atoms with Crippen molar-refractivity contribution in [1.29, 1.82) is 0 Å². The number of hydrogen-bond acceptors (Lipinski definition) is 3. The molecule has 0 amide bonds. The van der Waals surface area contributed by atoms with Gasteiger partial charge in [0.1, 0.15) is 4.99 Å². The van der Waals surface area contributed by atoms with Gasteiger partial charge in [0.05, 0.1) is 22.8 Å². The Labute approximate surface area is 139 Å². The fourth-order valence-electron chi connectivity index (χ4n) is 2.75. The Bertz CT molecular complexity index is 853. The summed E-state index contributed by atoms with van der Waals surface area (Å²) in [5.41, 5.74) is 5.56. The third-order valence-corrected chi connectivity index (χ3v) is 5.18. The van der Waals surface area contributed by atoms with Gasteiger partial charge in [-0.1, -0.05) is 30.4 Å². The molecule has 0 spiro atoms. The van der Waals surface area contributed by atoms with E-state index in [1.54, 1.807) is 11.3 Å². The molecule has 0 aliphatic carbocycles. The van der Waals surface area contributed by atoms with Crippen molar-refractivity contribution in [3.05, 3.63) is 70.7 Å². The van der Waals surface area contributed by atoms with Crippen molar-refractivity contribution in [2.24, 2.45) is 0 Å². The first kappa shape index (κ1) is 13.6. The quantitative estimate of drug-likeness (QED) is 0.630. The predicted octanol–water partition coefficient (Wildman–Crippen LogP) is 4.81. The molecule has 1 aromatic carbocycles. The first-order valence-corrected chi connectivity index (χ1v) is 8.43. The maximum absolute atomic E-state index is 5.65. The molecule has 0 atom stereocenters. The minimum absolute atomic E-state index is 0.747. The lowest BCUT2D eigenvalue weighted by molar-refractivity contribution is 1.00. The summed E-state index contributed by atoms with van der Waals surface area (Å²) in [5, 5.41) is 2.08. The summed E-state index contributed by atoms with van der Waals surface area (Å²) in [6.45, 7) is 2.85. The number of rotatable bonds is 2. The number of thiophene rings is 1. The number of aromatic nitrogens is 1. The molecule has 108 valence electrons. The minimum atomic E-state index is 0.747.